The number of ether oxygens (including phenoxy) is 1. The summed E-state index contributed by atoms with van der Waals surface area (Å²) in [5, 5.41) is 16.2. The molecule has 4 fully saturated rings. The van der Waals surface area contributed by atoms with Crippen molar-refractivity contribution in [3.8, 4) is 0 Å². The highest BCUT2D eigenvalue weighted by molar-refractivity contribution is 5.97. The van der Waals surface area contributed by atoms with Crippen LogP contribution in [0, 0.1) is 5.92 Å². The molecule has 0 radical (unpaired) electrons. The molecule has 10 heteroatoms. The number of nitrogens with one attached hydrogen (secondary N) is 2. The van der Waals surface area contributed by atoms with Crippen molar-refractivity contribution < 1.29 is 24.2 Å². The normalized spacial score (nSPS) is 35.2. The Kier molecular flexibility index (Phi) is 5.86. The number of likely N-dealkylation sites (N-methyl/N-ethyl adjacent to an activating group) is 1. The van der Waals surface area contributed by atoms with Crippen molar-refractivity contribution >= 4 is 28.6 Å². The fourth-order valence-corrected chi connectivity index (χ4v) is 8.65. The Labute approximate surface area is 250 Å². The van der Waals surface area contributed by atoms with Gasteiger partial charge in [-0.15, -0.1) is 0 Å². The van der Waals surface area contributed by atoms with E-state index >= 15 is 0 Å². The second kappa shape index (κ2) is 9.38. The first-order chi connectivity index (χ1) is 20.7. The van der Waals surface area contributed by atoms with Crippen LogP contribution in [-0.4, -0.2) is 92.4 Å². The minimum Gasteiger partial charge on any atom is -0.361 e. The summed E-state index contributed by atoms with van der Waals surface area (Å²) in [7, 11) is 2.06. The molecule has 3 N–H and O–H groups in total. The summed E-state index contributed by atoms with van der Waals surface area (Å²) in [6.45, 7) is 2.56. The molecule has 3 amide bonds. The number of likely N-dealkylation sites (tertiary alicyclic amines) is 1. The second-order valence-corrected chi connectivity index (χ2v) is 13.2. The molecule has 1 aliphatic carbocycles. The summed E-state index contributed by atoms with van der Waals surface area (Å²) in [4.78, 5) is 50.4. The molecule has 10 nitrogen and oxygen atoms in total. The number of hydrogen-bond donors (Lipinski definition) is 3. The molecule has 4 saturated heterocycles. The van der Waals surface area contributed by atoms with Gasteiger partial charge in [0.25, 0.3) is 11.8 Å². The molecular weight excluding hydrogens is 546 g/mol. The Balaban J connectivity index is 1.08. The molecular formula is C33H37N5O5. The fraction of sp³-hybridized carbons (Fsp3) is 0.485. The lowest BCUT2D eigenvalue weighted by molar-refractivity contribution is -0.315. The highest BCUT2D eigenvalue weighted by atomic mass is 16.7. The molecule has 2 aromatic carbocycles. The molecule has 0 bridgehead atoms. The van der Waals surface area contributed by atoms with Gasteiger partial charge in [-0.1, -0.05) is 42.5 Å². The first kappa shape index (κ1) is 26.9. The van der Waals surface area contributed by atoms with Crippen LogP contribution in [-0.2, 0) is 32.0 Å². The number of aromatic amines is 1. The van der Waals surface area contributed by atoms with Crippen molar-refractivity contribution in [1.29, 1.82) is 0 Å². The molecule has 1 aromatic heterocycles. The number of piperazine rings is 1. The average molecular weight is 584 g/mol. The Morgan fingerprint density at radius 2 is 1.98 bits per heavy atom. The number of carbonyl (C=O) groups excluding carboxylic acids is 3. The van der Waals surface area contributed by atoms with Gasteiger partial charge in [0.1, 0.15) is 12.1 Å². The number of nitrogens with zero attached hydrogens (tertiary/aromatic N) is 3. The minimum atomic E-state index is -2.03. The second-order valence-electron chi connectivity index (χ2n) is 13.2. The van der Waals surface area contributed by atoms with E-state index in [2.05, 4.69) is 46.6 Å². The Hall–Kier alpha value is -3.73. The lowest BCUT2D eigenvalue weighted by Gasteiger charge is -2.48. The van der Waals surface area contributed by atoms with Crippen LogP contribution in [0.1, 0.15) is 48.8 Å². The third-order valence-electron chi connectivity index (χ3n) is 10.6. The van der Waals surface area contributed by atoms with Gasteiger partial charge in [0.15, 0.2) is 0 Å². The van der Waals surface area contributed by atoms with Crippen LogP contribution in [0.5, 0.6) is 0 Å². The van der Waals surface area contributed by atoms with Crippen molar-refractivity contribution in [2.24, 2.45) is 5.92 Å². The SMILES string of the molecule is CN1C[C@H](C(=O)N[C@]2(C)O[C@@]3(O)[C@@H]4CCCN4C(=O)C(Cc4ccccc4)N3C2=O)C[C@@H]2c3cccc4[nH]cc(c34)C[C@H]21. The van der Waals surface area contributed by atoms with Gasteiger partial charge >= 0.3 is 0 Å². The molecule has 0 spiro atoms. The predicted octanol–water partition coefficient (Wildman–Crippen LogP) is 2.08. The number of H-pyrrole nitrogens is 1. The number of rotatable bonds is 4. The van der Waals surface area contributed by atoms with Crippen LogP contribution in [0.15, 0.2) is 54.7 Å². The van der Waals surface area contributed by atoms with E-state index in [1.807, 2.05) is 30.3 Å². The molecule has 8 rings (SSSR count). The molecule has 4 aliphatic heterocycles. The number of amides is 3. The third kappa shape index (κ3) is 3.86. The van der Waals surface area contributed by atoms with Crippen molar-refractivity contribution in [3.05, 3.63) is 71.4 Å². The van der Waals surface area contributed by atoms with Gasteiger partial charge < -0.3 is 25.2 Å². The van der Waals surface area contributed by atoms with Crippen LogP contribution >= 0.6 is 0 Å². The highest BCUT2D eigenvalue weighted by Gasteiger charge is 2.70. The number of aliphatic hydroxyl groups is 1. The van der Waals surface area contributed by atoms with Crippen molar-refractivity contribution in [1.82, 2.24) is 25.0 Å². The van der Waals surface area contributed by atoms with Crippen molar-refractivity contribution in [2.45, 2.75) is 74.7 Å². The van der Waals surface area contributed by atoms with Crippen LogP contribution in [0.3, 0.4) is 0 Å². The van der Waals surface area contributed by atoms with Gasteiger partial charge in [0, 0.05) is 48.6 Å². The molecule has 3 aromatic rings. The predicted molar refractivity (Wildman–Crippen MR) is 157 cm³/mol. The van der Waals surface area contributed by atoms with Gasteiger partial charge in [-0.2, -0.15) is 0 Å². The molecule has 7 atom stereocenters. The Morgan fingerprint density at radius 1 is 1.16 bits per heavy atom. The average Bonchev–Trinajstić information content (AvgIpc) is 3.70. The van der Waals surface area contributed by atoms with E-state index in [4.69, 9.17) is 4.74 Å². The standard InChI is InChI=1S/C33H37N5O5/c1-32(35-29(39)21-15-23-22-10-6-11-24-28(22)20(17-34-24)16-25(23)36(2)18-21)31(41)38-26(14-19-8-4-3-5-9-19)30(40)37-13-7-12-27(37)33(38,42)43-32/h3-6,8-11,17,21,23,25-27,34,42H,7,12-16,18H2,1-2H3,(H,35,39)/t21-,23-,25-,26?,27+,32-,33+/m1/s1. The molecule has 5 heterocycles. The monoisotopic (exact) mass is 583 g/mol. The largest absolute Gasteiger partial charge is 0.361 e. The van der Waals surface area contributed by atoms with Gasteiger partial charge in [-0.25, -0.2) is 0 Å². The number of fused-ring (bicyclic) bond motifs is 5. The fourth-order valence-electron chi connectivity index (χ4n) is 8.65. The molecule has 43 heavy (non-hydrogen) atoms. The zero-order valence-corrected chi connectivity index (χ0v) is 24.5. The van der Waals surface area contributed by atoms with Crippen LogP contribution in [0.25, 0.3) is 10.9 Å². The van der Waals surface area contributed by atoms with E-state index in [1.165, 1.54) is 28.3 Å². The number of carbonyl (C=O) groups is 3. The highest BCUT2D eigenvalue weighted by Crippen LogP contribution is 2.47. The molecule has 224 valence electrons. The minimum absolute atomic E-state index is 0.171. The maximum absolute atomic E-state index is 14.2. The summed E-state index contributed by atoms with van der Waals surface area (Å²) < 4.78 is 6.25. The number of hydrogen-bond acceptors (Lipinski definition) is 6. The van der Waals surface area contributed by atoms with E-state index < -0.39 is 29.6 Å². The lowest BCUT2D eigenvalue weighted by Crippen LogP contribution is -2.71. The quantitative estimate of drug-likeness (QED) is 0.433. The van der Waals surface area contributed by atoms with E-state index in [9.17, 15) is 19.5 Å². The topological polar surface area (TPSA) is 118 Å². The summed E-state index contributed by atoms with van der Waals surface area (Å²) in [6, 6.07) is 14.4. The van der Waals surface area contributed by atoms with Crippen molar-refractivity contribution in [3.63, 3.8) is 0 Å². The Bertz CT molecular complexity index is 1640. The Morgan fingerprint density at radius 3 is 2.79 bits per heavy atom. The summed E-state index contributed by atoms with van der Waals surface area (Å²) in [5.74, 6) is -3.31. The van der Waals surface area contributed by atoms with Crippen LogP contribution in [0.2, 0.25) is 0 Å². The van der Waals surface area contributed by atoms with Gasteiger partial charge in [-0.05, 0) is 62.4 Å². The smallest absolute Gasteiger partial charge is 0.280 e. The lowest BCUT2D eigenvalue weighted by atomic mass is 9.72. The maximum Gasteiger partial charge on any atom is 0.280 e. The van der Waals surface area contributed by atoms with E-state index in [0.29, 0.717) is 32.4 Å². The molecule has 0 saturated carbocycles. The zero-order valence-electron chi connectivity index (χ0n) is 24.5. The number of benzene rings is 2. The molecule has 5 aliphatic rings. The first-order valence-electron chi connectivity index (χ1n) is 15.4. The summed E-state index contributed by atoms with van der Waals surface area (Å²) in [5.41, 5.74) is 2.74. The maximum atomic E-state index is 14.2. The van der Waals surface area contributed by atoms with Crippen molar-refractivity contribution in [2.75, 3.05) is 20.1 Å². The van der Waals surface area contributed by atoms with E-state index in [0.717, 1.165) is 17.5 Å². The first-order valence-corrected chi connectivity index (χ1v) is 15.4. The summed E-state index contributed by atoms with van der Waals surface area (Å²) in [6.07, 6.45) is 5.13. The molecule has 1 unspecified atom stereocenters. The third-order valence-corrected chi connectivity index (χ3v) is 10.6. The van der Waals surface area contributed by atoms with Gasteiger partial charge in [-0.3, -0.25) is 24.0 Å². The number of piperidine rings is 1. The van der Waals surface area contributed by atoms with E-state index in [-0.39, 0.29) is 36.1 Å². The van der Waals surface area contributed by atoms with Gasteiger partial charge in [0.05, 0.1) is 5.92 Å². The van der Waals surface area contributed by atoms with Gasteiger partial charge in [0.2, 0.25) is 17.5 Å². The zero-order chi connectivity index (χ0) is 29.7. The number of aromatic nitrogens is 1. The summed E-state index contributed by atoms with van der Waals surface area (Å²) >= 11 is 0. The van der Waals surface area contributed by atoms with E-state index in [1.54, 1.807) is 4.90 Å². The van der Waals surface area contributed by atoms with Crippen LogP contribution in [0.4, 0.5) is 0 Å². The van der Waals surface area contributed by atoms with Crippen LogP contribution < -0.4 is 5.32 Å².